The van der Waals surface area contributed by atoms with Crippen LogP contribution in [0.1, 0.15) is 24.5 Å². The number of hydrazine groups is 1. The number of amides is 2. The minimum Gasteiger partial charge on any atom is -0.362 e. The first kappa shape index (κ1) is 13.4. The molecule has 0 spiro atoms. The van der Waals surface area contributed by atoms with Crippen LogP contribution in [0.3, 0.4) is 0 Å². The zero-order valence-corrected chi connectivity index (χ0v) is 11.3. The average Bonchev–Trinajstić information content (AvgIpc) is 2.36. The van der Waals surface area contributed by atoms with Gasteiger partial charge >= 0.3 is 0 Å². The fourth-order valence-electron chi connectivity index (χ4n) is 2.34. The molecule has 102 valence electrons. The maximum atomic E-state index is 11.7. The van der Waals surface area contributed by atoms with Crippen LogP contribution in [0.5, 0.6) is 0 Å². The number of carbonyl (C=O) groups excluding carboxylic acids is 2. The van der Waals surface area contributed by atoms with Crippen LogP contribution >= 0.6 is 0 Å². The molecule has 2 N–H and O–H groups in total. The largest absolute Gasteiger partial charge is 0.362 e. The number of nitrogens with one attached hydrogen (secondary N) is 2. The lowest BCUT2D eigenvalue weighted by Gasteiger charge is -2.31. The number of hydrogen-bond acceptors (Lipinski definition) is 3. The van der Waals surface area contributed by atoms with Crippen LogP contribution in [-0.4, -0.2) is 24.9 Å². The van der Waals surface area contributed by atoms with Crippen molar-refractivity contribution in [1.29, 1.82) is 0 Å². The molecule has 0 saturated carbocycles. The number of fused-ring (bicyclic) bond motifs is 1. The Labute approximate surface area is 112 Å². The zero-order valence-electron chi connectivity index (χ0n) is 11.3. The Balaban J connectivity index is 2.03. The first-order valence-corrected chi connectivity index (χ1v) is 6.46. The van der Waals surface area contributed by atoms with E-state index in [0.29, 0.717) is 0 Å². The van der Waals surface area contributed by atoms with Gasteiger partial charge in [-0.1, -0.05) is 17.7 Å². The van der Waals surface area contributed by atoms with Crippen molar-refractivity contribution in [3.05, 3.63) is 29.3 Å². The average molecular weight is 261 g/mol. The molecule has 0 aliphatic carbocycles. The molecule has 0 aromatic heterocycles. The molecule has 5 heteroatoms. The molecule has 1 heterocycles. The van der Waals surface area contributed by atoms with Crippen molar-refractivity contribution < 1.29 is 9.59 Å². The second kappa shape index (κ2) is 5.73. The van der Waals surface area contributed by atoms with Crippen molar-refractivity contribution in [1.82, 2.24) is 10.9 Å². The second-order valence-electron chi connectivity index (χ2n) is 4.89. The Hall–Kier alpha value is -2.04. The molecular formula is C14H19N3O2. The summed E-state index contributed by atoms with van der Waals surface area (Å²) in [5.74, 6) is -0.480. The maximum absolute atomic E-state index is 11.7. The van der Waals surface area contributed by atoms with Gasteiger partial charge in [-0.3, -0.25) is 20.4 Å². The fraction of sp³-hybridized carbons (Fsp3) is 0.429. The van der Waals surface area contributed by atoms with E-state index in [1.165, 1.54) is 18.1 Å². The molecule has 0 atom stereocenters. The lowest BCUT2D eigenvalue weighted by molar-refractivity contribution is -0.127. The molecule has 2 amide bonds. The third kappa shape index (κ3) is 3.47. The summed E-state index contributed by atoms with van der Waals surface area (Å²) in [5, 5.41) is 0. The fourth-order valence-corrected chi connectivity index (χ4v) is 2.34. The number of carbonyl (C=O) groups is 2. The van der Waals surface area contributed by atoms with Crippen LogP contribution in [-0.2, 0) is 16.0 Å². The van der Waals surface area contributed by atoms with E-state index in [9.17, 15) is 9.59 Å². The summed E-state index contributed by atoms with van der Waals surface area (Å²) < 4.78 is 0. The van der Waals surface area contributed by atoms with E-state index in [2.05, 4.69) is 40.9 Å². The van der Waals surface area contributed by atoms with Crippen LogP contribution < -0.4 is 15.8 Å². The Kier molecular flexibility index (Phi) is 4.04. The number of hydrogen-bond donors (Lipinski definition) is 2. The van der Waals surface area contributed by atoms with E-state index >= 15 is 0 Å². The predicted molar refractivity (Wildman–Crippen MR) is 73.7 cm³/mol. The quantitative estimate of drug-likeness (QED) is 0.778. The highest BCUT2D eigenvalue weighted by atomic mass is 16.2. The van der Waals surface area contributed by atoms with Gasteiger partial charge < -0.3 is 4.90 Å². The second-order valence-corrected chi connectivity index (χ2v) is 4.89. The van der Waals surface area contributed by atoms with Crippen molar-refractivity contribution in [3.63, 3.8) is 0 Å². The lowest BCUT2D eigenvalue weighted by Crippen LogP contribution is -2.46. The van der Waals surface area contributed by atoms with Crippen LogP contribution in [0.4, 0.5) is 5.69 Å². The lowest BCUT2D eigenvalue weighted by atomic mass is 9.99. The van der Waals surface area contributed by atoms with Crippen LogP contribution in [0.2, 0.25) is 0 Å². The molecular weight excluding hydrogens is 242 g/mol. The molecule has 0 unspecified atom stereocenters. The normalized spacial score (nSPS) is 13.7. The SMILES string of the molecule is CC(=O)NNC(=O)CN1CCCc2cc(C)ccc21. The Morgan fingerprint density at radius 1 is 1.32 bits per heavy atom. The van der Waals surface area contributed by atoms with Gasteiger partial charge in [0.1, 0.15) is 0 Å². The van der Waals surface area contributed by atoms with Gasteiger partial charge in [-0.2, -0.15) is 0 Å². The van der Waals surface area contributed by atoms with Gasteiger partial charge in [0.15, 0.2) is 0 Å². The monoisotopic (exact) mass is 261 g/mol. The summed E-state index contributed by atoms with van der Waals surface area (Å²) in [6.07, 6.45) is 2.10. The summed E-state index contributed by atoms with van der Waals surface area (Å²) >= 11 is 0. The van der Waals surface area contributed by atoms with Gasteiger partial charge in [0, 0.05) is 19.2 Å². The van der Waals surface area contributed by atoms with Gasteiger partial charge in [0.2, 0.25) is 5.91 Å². The third-order valence-corrected chi connectivity index (χ3v) is 3.16. The topological polar surface area (TPSA) is 61.4 Å². The molecule has 0 saturated heterocycles. The standard InChI is InChI=1S/C14H19N3O2/c1-10-5-6-13-12(8-10)4-3-7-17(13)9-14(19)16-15-11(2)18/h5-6,8H,3-4,7,9H2,1-2H3,(H,15,18)(H,16,19). The maximum Gasteiger partial charge on any atom is 0.257 e. The number of anilines is 1. The minimum atomic E-state index is -0.275. The molecule has 1 aromatic carbocycles. The molecule has 19 heavy (non-hydrogen) atoms. The highest BCUT2D eigenvalue weighted by Crippen LogP contribution is 2.27. The Morgan fingerprint density at radius 2 is 2.11 bits per heavy atom. The van der Waals surface area contributed by atoms with E-state index in [4.69, 9.17) is 0 Å². The summed E-state index contributed by atoms with van der Waals surface area (Å²) in [5.41, 5.74) is 8.34. The van der Waals surface area contributed by atoms with Crippen LogP contribution in [0, 0.1) is 6.92 Å². The van der Waals surface area contributed by atoms with Gasteiger partial charge in [0.05, 0.1) is 6.54 Å². The molecule has 1 aliphatic rings. The predicted octanol–water partition coefficient (Wildman–Crippen LogP) is 0.915. The van der Waals surface area contributed by atoms with E-state index in [-0.39, 0.29) is 18.4 Å². The highest BCUT2D eigenvalue weighted by molar-refractivity contribution is 5.84. The van der Waals surface area contributed by atoms with Gasteiger partial charge in [0.25, 0.3) is 5.91 Å². The number of benzene rings is 1. The molecule has 0 fully saturated rings. The first-order chi connectivity index (χ1) is 9.06. The van der Waals surface area contributed by atoms with E-state index in [0.717, 1.165) is 25.1 Å². The van der Waals surface area contributed by atoms with E-state index in [1.54, 1.807) is 0 Å². The summed E-state index contributed by atoms with van der Waals surface area (Å²) in [6.45, 7) is 4.56. The zero-order chi connectivity index (χ0) is 13.8. The van der Waals surface area contributed by atoms with Crippen molar-refractivity contribution in [2.24, 2.45) is 0 Å². The molecule has 0 radical (unpaired) electrons. The van der Waals surface area contributed by atoms with Gasteiger partial charge in [-0.05, 0) is 31.4 Å². The van der Waals surface area contributed by atoms with Crippen molar-refractivity contribution in [3.8, 4) is 0 Å². The smallest absolute Gasteiger partial charge is 0.257 e. The molecule has 0 bridgehead atoms. The minimum absolute atomic E-state index is 0.205. The highest BCUT2D eigenvalue weighted by Gasteiger charge is 2.18. The Morgan fingerprint density at radius 3 is 2.84 bits per heavy atom. The molecule has 1 aliphatic heterocycles. The van der Waals surface area contributed by atoms with Gasteiger partial charge in [-0.15, -0.1) is 0 Å². The van der Waals surface area contributed by atoms with Crippen molar-refractivity contribution in [2.75, 3.05) is 18.0 Å². The van der Waals surface area contributed by atoms with Crippen LogP contribution in [0.25, 0.3) is 0 Å². The summed E-state index contributed by atoms with van der Waals surface area (Å²) in [4.78, 5) is 24.5. The van der Waals surface area contributed by atoms with Crippen LogP contribution in [0.15, 0.2) is 18.2 Å². The number of rotatable bonds is 2. The number of aryl methyl sites for hydroxylation is 2. The number of nitrogens with zero attached hydrogens (tertiary/aromatic N) is 1. The van der Waals surface area contributed by atoms with Crippen molar-refractivity contribution in [2.45, 2.75) is 26.7 Å². The molecule has 5 nitrogen and oxygen atoms in total. The van der Waals surface area contributed by atoms with E-state index in [1.807, 2.05) is 0 Å². The van der Waals surface area contributed by atoms with Crippen molar-refractivity contribution >= 4 is 17.5 Å². The van der Waals surface area contributed by atoms with E-state index < -0.39 is 0 Å². The molecule has 2 rings (SSSR count). The Bertz CT molecular complexity index is 499. The third-order valence-electron chi connectivity index (χ3n) is 3.16. The summed E-state index contributed by atoms with van der Waals surface area (Å²) in [6, 6.07) is 6.30. The first-order valence-electron chi connectivity index (χ1n) is 6.46. The van der Waals surface area contributed by atoms with Gasteiger partial charge in [-0.25, -0.2) is 0 Å². The molecule has 1 aromatic rings. The summed E-state index contributed by atoms with van der Waals surface area (Å²) in [7, 11) is 0.